The van der Waals surface area contributed by atoms with Crippen LogP contribution in [-0.2, 0) is 13.0 Å². The van der Waals surface area contributed by atoms with Crippen LogP contribution in [0, 0.1) is 5.82 Å². The topological polar surface area (TPSA) is 46.9 Å². The molecule has 3 aromatic rings. The molecule has 24 heavy (non-hydrogen) atoms. The average molecular weight is 364 g/mol. The third-order valence-corrected chi connectivity index (χ3v) is 5.80. The first-order valence-electron chi connectivity index (χ1n) is 7.72. The van der Waals surface area contributed by atoms with Gasteiger partial charge in [-0.1, -0.05) is 11.6 Å². The van der Waals surface area contributed by atoms with Crippen LogP contribution in [0.2, 0.25) is 5.02 Å². The molecule has 0 bridgehead atoms. The fourth-order valence-corrected chi connectivity index (χ4v) is 4.56. The van der Waals surface area contributed by atoms with Crippen molar-refractivity contribution in [1.29, 1.82) is 0 Å². The van der Waals surface area contributed by atoms with Crippen molar-refractivity contribution in [2.24, 2.45) is 0 Å². The minimum atomic E-state index is -0.412. The zero-order valence-corrected chi connectivity index (χ0v) is 14.5. The molecule has 3 heterocycles. The van der Waals surface area contributed by atoms with Crippen molar-refractivity contribution in [3.63, 3.8) is 0 Å². The molecule has 7 heteroatoms. The second-order valence-electron chi connectivity index (χ2n) is 5.95. The summed E-state index contributed by atoms with van der Waals surface area (Å²) >= 11 is 7.51. The third kappa shape index (κ3) is 2.55. The number of hydrogen-bond donors (Lipinski definition) is 1. The van der Waals surface area contributed by atoms with Crippen molar-refractivity contribution in [2.75, 3.05) is 6.54 Å². The molecule has 1 aromatic carbocycles. The van der Waals surface area contributed by atoms with Gasteiger partial charge < -0.3 is 5.32 Å². The molecule has 124 valence electrons. The summed E-state index contributed by atoms with van der Waals surface area (Å²) in [5, 5.41) is 4.33. The predicted molar refractivity (Wildman–Crippen MR) is 94.5 cm³/mol. The van der Waals surface area contributed by atoms with Gasteiger partial charge in [0.2, 0.25) is 0 Å². The lowest BCUT2D eigenvalue weighted by Gasteiger charge is -2.16. The molecule has 0 saturated heterocycles. The molecule has 4 nitrogen and oxygen atoms in total. The molecule has 0 spiro atoms. The van der Waals surface area contributed by atoms with Crippen LogP contribution >= 0.6 is 22.9 Å². The van der Waals surface area contributed by atoms with E-state index < -0.39 is 5.82 Å². The van der Waals surface area contributed by atoms with Gasteiger partial charge in [-0.05, 0) is 49.2 Å². The average Bonchev–Trinajstić information content (AvgIpc) is 2.93. The summed E-state index contributed by atoms with van der Waals surface area (Å²) in [4.78, 5) is 19.4. The molecule has 1 unspecified atom stereocenters. The minimum absolute atomic E-state index is 0.0766. The molecule has 0 saturated carbocycles. The van der Waals surface area contributed by atoms with Crippen LogP contribution in [-0.4, -0.2) is 16.1 Å². The van der Waals surface area contributed by atoms with E-state index in [0.717, 1.165) is 29.9 Å². The summed E-state index contributed by atoms with van der Waals surface area (Å²) in [5.41, 5.74) is 1.67. The highest BCUT2D eigenvalue weighted by atomic mass is 35.5. The summed E-state index contributed by atoms with van der Waals surface area (Å²) in [5.74, 6) is -0.412. The van der Waals surface area contributed by atoms with Gasteiger partial charge >= 0.3 is 0 Å². The lowest BCUT2D eigenvalue weighted by atomic mass is 10.1. The van der Waals surface area contributed by atoms with Gasteiger partial charge in [-0.3, -0.25) is 9.36 Å². The summed E-state index contributed by atoms with van der Waals surface area (Å²) in [6.07, 6.45) is 2.37. The van der Waals surface area contributed by atoms with Crippen molar-refractivity contribution in [1.82, 2.24) is 14.9 Å². The Bertz CT molecular complexity index is 977. The molecule has 2 aromatic heterocycles. The second kappa shape index (κ2) is 5.95. The van der Waals surface area contributed by atoms with E-state index in [0.29, 0.717) is 16.0 Å². The third-order valence-electron chi connectivity index (χ3n) is 4.44. The van der Waals surface area contributed by atoms with E-state index in [1.165, 1.54) is 17.0 Å². The predicted octanol–water partition coefficient (Wildman–Crippen LogP) is 3.51. The van der Waals surface area contributed by atoms with Crippen molar-refractivity contribution < 1.29 is 4.39 Å². The summed E-state index contributed by atoms with van der Waals surface area (Å²) in [7, 11) is 0. The Morgan fingerprint density at radius 1 is 1.42 bits per heavy atom. The molecule has 0 amide bonds. The van der Waals surface area contributed by atoms with Gasteiger partial charge in [-0.2, -0.15) is 0 Å². The van der Waals surface area contributed by atoms with Gasteiger partial charge in [0.25, 0.3) is 5.56 Å². The van der Waals surface area contributed by atoms with Gasteiger partial charge in [0.05, 0.1) is 17.8 Å². The van der Waals surface area contributed by atoms with Crippen molar-refractivity contribution in [3.8, 4) is 0 Å². The molecular weight excluding hydrogens is 349 g/mol. The van der Waals surface area contributed by atoms with E-state index in [2.05, 4.69) is 10.3 Å². The molecule has 1 aliphatic rings. The molecule has 4 rings (SSSR count). The lowest BCUT2D eigenvalue weighted by molar-refractivity contribution is 0.589. The number of nitrogens with zero attached hydrogens (tertiary/aromatic N) is 2. The Morgan fingerprint density at radius 3 is 3.04 bits per heavy atom. The summed E-state index contributed by atoms with van der Waals surface area (Å²) in [6.45, 7) is 3.49. The number of hydrogen-bond acceptors (Lipinski definition) is 4. The molecule has 0 aliphatic carbocycles. The van der Waals surface area contributed by atoms with E-state index in [1.54, 1.807) is 28.3 Å². The molecule has 1 N–H and O–H groups in total. The fraction of sp³-hybridized carbons (Fsp3) is 0.294. The Labute approximate surface area is 146 Å². The SMILES string of the molecule is CC(c1cc(F)cc(Cl)c1)n1cnc2sc3c(c2c1=O)CCNC3. The maximum absolute atomic E-state index is 13.6. The molecule has 0 fully saturated rings. The van der Waals surface area contributed by atoms with Crippen molar-refractivity contribution in [3.05, 3.63) is 61.7 Å². The first-order valence-corrected chi connectivity index (χ1v) is 8.92. The fourth-order valence-electron chi connectivity index (χ4n) is 3.18. The monoisotopic (exact) mass is 363 g/mol. The standard InChI is InChI=1S/C17H15ClFN3OS/c1-9(10-4-11(18)6-12(19)5-10)22-8-21-16-15(17(22)23)13-2-3-20-7-14(13)24-16/h4-6,8-9,20H,2-3,7H2,1H3. The molecule has 0 radical (unpaired) electrons. The first kappa shape index (κ1) is 15.7. The smallest absolute Gasteiger partial charge is 0.262 e. The van der Waals surface area contributed by atoms with E-state index in [1.807, 2.05) is 6.92 Å². The van der Waals surface area contributed by atoms with Crippen LogP contribution in [0.15, 0.2) is 29.3 Å². The summed E-state index contributed by atoms with van der Waals surface area (Å²) < 4.78 is 15.2. The first-order chi connectivity index (χ1) is 11.5. The van der Waals surface area contributed by atoms with Crippen LogP contribution in [0.1, 0.15) is 29.0 Å². The van der Waals surface area contributed by atoms with Gasteiger partial charge in [0, 0.05) is 16.4 Å². The second-order valence-corrected chi connectivity index (χ2v) is 7.47. The maximum Gasteiger partial charge on any atom is 0.262 e. The van der Waals surface area contributed by atoms with E-state index >= 15 is 0 Å². The van der Waals surface area contributed by atoms with Crippen LogP contribution in [0.5, 0.6) is 0 Å². The van der Waals surface area contributed by atoms with Crippen LogP contribution in [0.4, 0.5) is 4.39 Å². The number of nitrogens with one attached hydrogen (secondary N) is 1. The lowest BCUT2D eigenvalue weighted by Crippen LogP contribution is -2.26. The largest absolute Gasteiger partial charge is 0.312 e. The van der Waals surface area contributed by atoms with Crippen LogP contribution in [0.25, 0.3) is 10.2 Å². The number of benzene rings is 1. The zero-order chi connectivity index (χ0) is 16.8. The highest BCUT2D eigenvalue weighted by Gasteiger charge is 2.21. The molecule has 1 aliphatic heterocycles. The van der Waals surface area contributed by atoms with Crippen LogP contribution < -0.4 is 10.9 Å². The van der Waals surface area contributed by atoms with E-state index in [-0.39, 0.29) is 11.6 Å². The Kier molecular flexibility index (Phi) is 3.90. The molecule has 1 atom stereocenters. The number of halogens is 2. The van der Waals surface area contributed by atoms with Gasteiger partial charge in [0.15, 0.2) is 0 Å². The van der Waals surface area contributed by atoms with Crippen LogP contribution in [0.3, 0.4) is 0 Å². The number of rotatable bonds is 2. The number of fused-ring (bicyclic) bond motifs is 3. The molecular formula is C17H15ClFN3OS. The van der Waals surface area contributed by atoms with Gasteiger partial charge in [-0.25, -0.2) is 9.37 Å². The minimum Gasteiger partial charge on any atom is -0.312 e. The van der Waals surface area contributed by atoms with Gasteiger partial charge in [0.1, 0.15) is 10.6 Å². The van der Waals surface area contributed by atoms with Crippen molar-refractivity contribution in [2.45, 2.75) is 25.9 Å². The Morgan fingerprint density at radius 2 is 2.25 bits per heavy atom. The highest BCUT2D eigenvalue weighted by molar-refractivity contribution is 7.18. The van der Waals surface area contributed by atoms with Gasteiger partial charge in [-0.15, -0.1) is 11.3 Å². The number of aromatic nitrogens is 2. The number of thiophene rings is 1. The normalized spacial score (nSPS) is 15.5. The van der Waals surface area contributed by atoms with E-state index in [9.17, 15) is 9.18 Å². The van der Waals surface area contributed by atoms with Crippen molar-refractivity contribution >= 4 is 33.2 Å². The Balaban J connectivity index is 1.87. The van der Waals surface area contributed by atoms with E-state index in [4.69, 9.17) is 11.6 Å². The summed E-state index contributed by atoms with van der Waals surface area (Å²) in [6, 6.07) is 3.99. The maximum atomic E-state index is 13.6. The highest BCUT2D eigenvalue weighted by Crippen LogP contribution is 2.30. The quantitative estimate of drug-likeness (QED) is 0.758. The zero-order valence-electron chi connectivity index (χ0n) is 13.0. The Hall–Kier alpha value is -1.76.